The van der Waals surface area contributed by atoms with Gasteiger partial charge in [0.25, 0.3) is 0 Å². The van der Waals surface area contributed by atoms with Gasteiger partial charge in [0.05, 0.1) is 0 Å². The lowest BCUT2D eigenvalue weighted by Crippen LogP contribution is -2.14. The van der Waals surface area contributed by atoms with Crippen LogP contribution >= 0.6 is 11.3 Å². The van der Waals surface area contributed by atoms with Crippen LogP contribution < -0.4 is 5.32 Å². The fourth-order valence-electron chi connectivity index (χ4n) is 1.31. The maximum Gasteiger partial charge on any atom is 0.303 e. The third-order valence-corrected chi connectivity index (χ3v) is 3.41. The molecule has 1 aromatic heterocycles. The molecule has 0 bridgehead atoms. The van der Waals surface area contributed by atoms with Gasteiger partial charge in [-0.15, -0.1) is 11.3 Å². The minimum atomic E-state index is -0.723. The van der Waals surface area contributed by atoms with Gasteiger partial charge in [-0.2, -0.15) is 0 Å². The lowest BCUT2D eigenvalue weighted by Gasteiger charge is -2.00. The maximum absolute atomic E-state index is 10.3. The molecule has 15 heavy (non-hydrogen) atoms. The van der Waals surface area contributed by atoms with Gasteiger partial charge in [0.15, 0.2) is 0 Å². The van der Waals surface area contributed by atoms with E-state index in [2.05, 4.69) is 25.2 Å². The summed E-state index contributed by atoms with van der Waals surface area (Å²) in [6.07, 6.45) is 0.939. The first-order valence-corrected chi connectivity index (χ1v) is 5.89. The maximum atomic E-state index is 10.3. The Labute approximate surface area is 94.1 Å². The number of aliphatic carboxylic acids is 1. The van der Waals surface area contributed by atoms with Crippen LogP contribution in [0.15, 0.2) is 6.07 Å². The minimum Gasteiger partial charge on any atom is -0.481 e. The van der Waals surface area contributed by atoms with Crippen molar-refractivity contribution >= 4 is 17.3 Å². The van der Waals surface area contributed by atoms with Crippen molar-refractivity contribution < 1.29 is 9.90 Å². The summed E-state index contributed by atoms with van der Waals surface area (Å²) < 4.78 is 0. The average molecular weight is 227 g/mol. The second-order valence-electron chi connectivity index (χ2n) is 3.63. The van der Waals surface area contributed by atoms with Gasteiger partial charge in [0, 0.05) is 22.7 Å². The van der Waals surface area contributed by atoms with Gasteiger partial charge in [0.2, 0.25) is 0 Å². The van der Waals surface area contributed by atoms with E-state index in [1.54, 1.807) is 11.3 Å². The zero-order valence-corrected chi connectivity index (χ0v) is 9.99. The monoisotopic (exact) mass is 227 g/mol. The Morgan fingerprint density at radius 2 is 2.27 bits per heavy atom. The molecule has 0 radical (unpaired) electrons. The fraction of sp³-hybridized carbons (Fsp3) is 0.545. The highest BCUT2D eigenvalue weighted by Crippen LogP contribution is 2.20. The highest BCUT2D eigenvalue weighted by molar-refractivity contribution is 7.12. The van der Waals surface area contributed by atoms with Gasteiger partial charge in [-0.3, -0.25) is 4.79 Å². The lowest BCUT2D eigenvalue weighted by atomic mass is 10.3. The molecule has 0 amide bonds. The predicted molar refractivity (Wildman–Crippen MR) is 62.4 cm³/mol. The summed E-state index contributed by atoms with van der Waals surface area (Å²) >= 11 is 1.80. The summed E-state index contributed by atoms with van der Waals surface area (Å²) in [5, 5.41) is 11.7. The van der Waals surface area contributed by atoms with Crippen LogP contribution in [-0.4, -0.2) is 17.6 Å². The first-order chi connectivity index (χ1) is 7.09. The van der Waals surface area contributed by atoms with Crippen molar-refractivity contribution in [2.75, 3.05) is 6.54 Å². The summed E-state index contributed by atoms with van der Waals surface area (Å²) in [6, 6.07) is 2.18. The normalized spacial score (nSPS) is 10.5. The van der Waals surface area contributed by atoms with Crippen molar-refractivity contribution in [2.45, 2.75) is 33.2 Å². The molecule has 0 unspecified atom stereocenters. The van der Waals surface area contributed by atoms with Gasteiger partial charge in [-0.25, -0.2) is 0 Å². The summed E-state index contributed by atoms with van der Waals surface area (Å²) in [5.41, 5.74) is 1.34. The van der Waals surface area contributed by atoms with E-state index in [0.717, 1.165) is 13.1 Å². The number of thiophene rings is 1. The molecule has 0 spiro atoms. The molecule has 3 nitrogen and oxygen atoms in total. The van der Waals surface area contributed by atoms with E-state index in [9.17, 15) is 4.79 Å². The third kappa shape index (κ3) is 4.44. The Morgan fingerprint density at radius 3 is 2.80 bits per heavy atom. The van der Waals surface area contributed by atoms with Crippen LogP contribution in [0.5, 0.6) is 0 Å². The lowest BCUT2D eigenvalue weighted by molar-refractivity contribution is -0.137. The first-order valence-electron chi connectivity index (χ1n) is 5.08. The molecule has 0 fully saturated rings. The SMILES string of the molecule is Cc1cc(CNCCCC(=O)O)sc1C. The molecule has 1 heterocycles. The van der Waals surface area contributed by atoms with Crippen LogP contribution in [0.3, 0.4) is 0 Å². The Bertz CT molecular complexity index is 314. The third-order valence-electron chi connectivity index (χ3n) is 2.26. The van der Waals surface area contributed by atoms with Crippen LogP contribution in [0, 0.1) is 13.8 Å². The molecule has 0 atom stereocenters. The van der Waals surface area contributed by atoms with Gasteiger partial charge >= 0.3 is 5.97 Å². The summed E-state index contributed by atoms with van der Waals surface area (Å²) in [6.45, 7) is 5.84. The number of rotatable bonds is 6. The van der Waals surface area contributed by atoms with Gasteiger partial charge < -0.3 is 10.4 Å². The molecule has 0 saturated heterocycles. The van der Waals surface area contributed by atoms with E-state index in [1.807, 2.05) is 0 Å². The molecule has 1 rings (SSSR count). The molecule has 2 N–H and O–H groups in total. The van der Waals surface area contributed by atoms with Gasteiger partial charge in [-0.1, -0.05) is 0 Å². The highest BCUT2D eigenvalue weighted by atomic mass is 32.1. The molecule has 0 aliphatic rings. The standard InChI is InChI=1S/C11H17NO2S/c1-8-6-10(15-9(8)2)7-12-5-3-4-11(13)14/h6,12H,3-5,7H2,1-2H3,(H,13,14). The second kappa shape index (κ2) is 5.88. The summed E-state index contributed by atoms with van der Waals surface area (Å²) in [4.78, 5) is 12.9. The zero-order chi connectivity index (χ0) is 11.3. The Kier molecular flexibility index (Phi) is 4.78. The molecule has 1 aromatic rings. The summed E-state index contributed by atoms with van der Waals surface area (Å²) in [5.74, 6) is -0.723. The average Bonchev–Trinajstić information content (AvgIpc) is 2.45. The van der Waals surface area contributed by atoms with Crippen molar-refractivity contribution in [1.29, 1.82) is 0 Å². The van der Waals surface area contributed by atoms with Gasteiger partial charge in [-0.05, 0) is 38.4 Å². The van der Waals surface area contributed by atoms with E-state index in [-0.39, 0.29) is 6.42 Å². The van der Waals surface area contributed by atoms with Crippen molar-refractivity contribution in [3.05, 3.63) is 21.4 Å². The molecular weight excluding hydrogens is 210 g/mol. The Morgan fingerprint density at radius 1 is 1.53 bits per heavy atom. The first kappa shape index (κ1) is 12.2. The number of carboxylic acid groups (broad SMARTS) is 1. The molecule has 0 aliphatic carbocycles. The van der Waals surface area contributed by atoms with Crippen LogP contribution in [-0.2, 0) is 11.3 Å². The minimum absolute atomic E-state index is 0.246. The van der Waals surface area contributed by atoms with Crippen molar-refractivity contribution in [3.63, 3.8) is 0 Å². The smallest absolute Gasteiger partial charge is 0.303 e. The van der Waals surface area contributed by atoms with Crippen LogP contribution in [0.25, 0.3) is 0 Å². The fourth-order valence-corrected chi connectivity index (χ4v) is 2.34. The van der Waals surface area contributed by atoms with Crippen molar-refractivity contribution in [2.24, 2.45) is 0 Å². The molecule has 4 heteroatoms. The second-order valence-corrected chi connectivity index (χ2v) is 4.97. The van der Waals surface area contributed by atoms with Crippen molar-refractivity contribution in [3.8, 4) is 0 Å². The number of hydrogen-bond donors (Lipinski definition) is 2. The Hall–Kier alpha value is -0.870. The molecule has 0 saturated carbocycles. The number of nitrogens with one attached hydrogen (secondary N) is 1. The number of hydrogen-bond acceptors (Lipinski definition) is 3. The van der Waals surface area contributed by atoms with Crippen molar-refractivity contribution in [1.82, 2.24) is 5.32 Å². The van der Waals surface area contributed by atoms with E-state index >= 15 is 0 Å². The van der Waals surface area contributed by atoms with E-state index in [0.29, 0.717) is 6.42 Å². The van der Waals surface area contributed by atoms with E-state index < -0.39 is 5.97 Å². The number of carbonyl (C=O) groups is 1. The van der Waals surface area contributed by atoms with E-state index in [4.69, 9.17) is 5.11 Å². The number of carboxylic acids is 1. The topological polar surface area (TPSA) is 49.3 Å². The largest absolute Gasteiger partial charge is 0.481 e. The molecule has 0 aliphatic heterocycles. The van der Waals surface area contributed by atoms with Crippen LogP contribution in [0.4, 0.5) is 0 Å². The zero-order valence-electron chi connectivity index (χ0n) is 9.17. The number of aryl methyl sites for hydroxylation is 2. The Balaban J connectivity index is 2.18. The van der Waals surface area contributed by atoms with Crippen LogP contribution in [0.1, 0.15) is 28.2 Å². The van der Waals surface area contributed by atoms with E-state index in [1.165, 1.54) is 15.3 Å². The molecular formula is C11H17NO2S. The highest BCUT2D eigenvalue weighted by Gasteiger charge is 2.01. The quantitative estimate of drug-likeness (QED) is 0.733. The molecule has 84 valence electrons. The predicted octanol–water partition coefficient (Wildman–Crippen LogP) is 2.32. The summed E-state index contributed by atoms with van der Waals surface area (Å²) in [7, 11) is 0. The molecule has 0 aromatic carbocycles. The van der Waals surface area contributed by atoms with Crippen LogP contribution in [0.2, 0.25) is 0 Å². The van der Waals surface area contributed by atoms with Gasteiger partial charge in [0.1, 0.15) is 0 Å².